The molecule has 1 atom stereocenters. The molecule has 0 fully saturated rings. The molecule has 1 aromatic carbocycles. The first-order chi connectivity index (χ1) is 12.2. The topological polar surface area (TPSA) is 48.4 Å². The number of alkyl halides is 3. The minimum Gasteiger partial charge on any atom is -0.479 e. The Hall–Kier alpha value is -1.93. The van der Waals surface area contributed by atoms with Gasteiger partial charge in [0.05, 0.1) is 17.2 Å². The summed E-state index contributed by atoms with van der Waals surface area (Å²) >= 11 is 7.01. The summed E-state index contributed by atoms with van der Waals surface area (Å²) in [5.74, 6) is -0.00642. The van der Waals surface area contributed by atoms with Crippen LogP contribution in [-0.4, -0.2) is 23.7 Å². The van der Waals surface area contributed by atoms with Crippen molar-refractivity contribution >= 4 is 29.3 Å². The zero-order valence-electron chi connectivity index (χ0n) is 13.8. The monoisotopic (exact) mass is 405 g/mol. The summed E-state index contributed by atoms with van der Waals surface area (Å²) < 4.78 is 48.2. The molecule has 140 valence electrons. The second-order valence-electron chi connectivity index (χ2n) is 5.09. The van der Waals surface area contributed by atoms with Crippen molar-refractivity contribution in [2.24, 2.45) is 0 Å². The van der Waals surface area contributed by atoms with E-state index in [1.165, 1.54) is 0 Å². The number of pyridine rings is 1. The molecule has 1 heterocycles. The lowest BCUT2D eigenvalue weighted by Crippen LogP contribution is -2.25. The van der Waals surface area contributed by atoms with Crippen molar-refractivity contribution in [2.45, 2.75) is 36.0 Å². The Balaban J connectivity index is 2.04. The summed E-state index contributed by atoms with van der Waals surface area (Å²) in [5, 5.41) is 0.175. The van der Waals surface area contributed by atoms with E-state index >= 15 is 0 Å². The van der Waals surface area contributed by atoms with Crippen LogP contribution in [-0.2, 0) is 15.7 Å². The van der Waals surface area contributed by atoms with Gasteiger partial charge >= 0.3 is 12.1 Å². The Morgan fingerprint density at radius 3 is 2.50 bits per heavy atom. The summed E-state index contributed by atoms with van der Waals surface area (Å²) in [6.07, 6.45) is -4.50. The zero-order chi connectivity index (χ0) is 19.3. The smallest absolute Gasteiger partial charge is 0.417 e. The van der Waals surface area contributed by atoms with Gasteiger partial charge in [-0.05, 0) is 44.2 Å². The Morgan fingerprint density at radius 1 is 1.31 bits per heavy atom. The molecule has 0 saturated heterocycles. The van der Waals surface area contributed by atoms with E-state index in [0.29, 0.717) is 10.6 Å². The summed E-state index contributed by atoms with van der Waals surface area (Å²) in [5.41, 5.74) is -0.899. The van der Waals surface area contributed by atoms with Gasteiger partial charge in [-0.15, -0.1) is 0 Å². The lowest BCUT2D eigenvalue weighted by molar-refractivity contribution is -0.150. The Labute approximate surface area is 157 Å². The third kappa shape index (κ3) is 5.54. The van der Waals surface area contributed by atoms with Crippen LogP contribution in [0.2, 0.25) is 5.02 Å². The quantitative estimate of drug-likeness (QED) is 0.615. The number of ether oxygens (including phenoxy) is 2. The maximum absolute atomic E-state index is 12.6. The number of esters is 1. The van der Waals surface area contributed by atoms with E-state index in [0.717, 1.165) is 24.0 Å². The van der Waals surface area contributed by atoms with E-state index < -0.39 is 23.8 Å². The number of rotatable bonds is 6. The van der Waals surface area contributed by atoms with Crippen molar-refractivity contribution in [1.29, 1.82) is 0 Å². The van der Waals surface area contributed by atoms with Gasteiger partial charge in [0.15, 0.2) is 6.10 Å². The molecule has 0 aliphatic heterocycles. The summed E-state index contributed by atoms with van der Waals surface area (Å²) in [7, 11) is 0. The minimum absolute atomic E-state index is 0.0823. The van der Waals surface area contributed by atoms with Gasteiger partial charge in [-0.25, -0.2) is 9.78 Å². The van der Waals surface area contributed by atoms with Crippen molar-refractivity contribution in [3.8, 4) is 5.75 Å². The molecule has 0 saturated carbocycles. The van der Waals surface area contributed by atoms with Crippen LogP contribution in [0.3, 0.4) is 0 Å². The van der Waals surface area contributed by atoms with Crippen LogP contribution < -0.4 is 4.74 Å². The number of aromatic nitrogens is 1. The highest BCUT2D eigenvalue weighted by Gasteiger charge is 2.31. The average molecular weight is 406 g/mol. The Morgan fingerprint density at radius 2 is 1.96 bits per heavy atom. The fraction of sp³-hybridized carbons (Fsp3) is 0.294. The number of halogens is 4. The van der Waals surface area contributed by atoms with Gasteiger partial charge in [0.1, 0.15) is 10.8 Å². The fourth-order valence-electron chi connectivity index (χ4n) is 1.87. The number of carbonyl (C=O) groups is 1. The first-order valence-corrected chi connectivity index (χ1v) is 8.74. The fourth-order valence-corrected chi connectivity index (χ4v) is 2.90. The first-order valence-electron chi connectivity index (χ1n) is 7.54. The number of carbonyl (C=O) groups excluding carboxylic acids is 1. The van der Waals surface area contributed by atoms with Crippen molar-refractivity contribution in [1.82, 2.24) is 4.98 Å². The number of hydrogen-bond donors (Lipinski definition) is 0. The molecule has 2 aromatic rings. The largest absolute Gasteiger partial charge is 0.479 e. The van der Waals surface area contributed by atoms with Gasteiger partial charge in [-0.1, -0.05) is 23.4 Å². The van der Waals surface area contributed by atoms with Crippen molar-refractivity contribution < 1.29 is 27.4 Å². The molecule has 0 spiro atoms. The third-order valence-corrected chi connectivity index (χ3v) is 4.53. The van der Waals surface area contributed by atoms with Crippen LogP contribution in [0.15, 0.2) is 46.5 Å². The number of benzene rings is 1. The van der Waals surface area contributed by atoms with Crippen molar-refractivity contribution in [2.75, 3.05) is 6.61 Å². The van der Waals surface area contributed by atoms with Gasteiger partial charge in [0, 0.05) is 11.1 Å². The van der Waals surface area contributed by atoms with Gasteiger partial charge in [-0.2, -0.15) is 13.2 Å². The highest BCUT2D eigenvalue weighted by Crippen LogP contribution is 2.36. The van der Waals surface area contributed by atoms with Gasteiger partial charge < -0.3 is 9.47 Å². The van der Waals surface area contributed by atoms with Crippen LogP contribution >= 0.6 is 23.4 Å². The standard InChI is InChI=1S/C17H15ClF3NO3S/c1-3-24-16(23)10(2)25-12-4-6-13(7-5-12)26-15-14(18)8-11(9-22-15)17(19,20)21/h4-10H,3H2,1-2H3. The van der Waals surface area contributed by atoms with Crippen LogP contribution in [0, 0.1) is 0 Å². The minimum atomic E-state index is -4.49. The van der Waals surface area contributed by atoms with Crippen molar-refractivity contribution in [3.63, 3.8) is 0 Å². The maximum Gasteiger partial charge on any atom is 0.417 e. The van der Waals surface area contributed by atoms with Crippen LogP contribution in [0.25, 0.3) is 0 Å². The molecule has 0 radical (unpaired) electrons. The lowest BCUT2D eigenvalue weighted by atomic mass is 10.3. The highest BCUT2D eigenvalue weighted by atomic mass is 35.5. The molecule has 9 heteroatoms. The zero-order valence-corrected chi connectivity index (χ0v) is 15.4. The molecule has 2 rings (SSSR count). The SMILES string of the molecule is CCOC(=O)C(C)Oc1ccc(Sc2ncc(C(F)(F)F)cc2Cl)cc1. The van der Waals surface area contributed by atoms with Crippen molar-refractivity contribution in [3.05, 3.63) is 47.1 Å². The van der Waals surface area contributed by atoms with E-state index in [4.69, 9.17) is 21.1 Å². The molecule has 0 aliphatic rings. The molecular formula is C17H15ClF3NO3S. The van der Waals surface area contributed by atoms with Gasteiger partial charge in [0.2, 0.25) is 0 Å². The third-order valence-electron chi connectivity index (χ3n) is 3.10. The molecular weight excluding hydrogens is 391 g/mol. The van der Waals surface area contributed by atoms with Gasteiger partial charge in [-0.3, -0.25) is 0 Å². The predicted octanol–water partition coefficient (Wildman–Crippen LogP) is 5.24. The second-order valence-corrected chi connectivity index (χ2v) is 6.56. The average Bonchev–Trinajstić information content (AvgIpc) is 2.57. The molecule has 1 aromatic heterocycles. The number of nitrogens with zero attached hydrogens (tertiary/aromatic N) is 1. The predicted molar refractivity (Wildman–Crippen MR) is 91.5 cm³/mol. The number of hydrogen-bond acceptors (Lipinski definition) is 5. The molecule has 0 N–H and O–H groups in total. The normalized spacial score (nSPS) is 12.5. The highest BCUT2D eigenvalue weighted by molar-refractivity contribution is 7.99. The van der Waals surface area contributed by atoms with E-state index in [2.05, 4.69) is 4.98 Å². The molecule has 0 aliphatic carbocycles. The van der Waals surface area contributed by atoms with E-state index in [-0.39, 0.29) is 16.7 Å². The summed E-state index contributed by atoms with van der Waals surface area (Å²) in [6.45, 7) is 3.55. The van der Waals surface area contributed by atoms with E-state index in [1.807, 2.05) is 0 Å². The van der Waals surface area contributed by atoms with E-state index in [1.54, 1.807) is 38.1 Å². The first kappa shape index (κ1) is 20.4. The molecule has 26 heavy (non-hydrogen) atoms. The molecule has 4 nitrogen and oxygen atoms in total. The molecule has 0 amide bonds. The molecule has 1 unspecified atom stereocenters. The van der Waals surface area contributed by atoms with Crippen LogP contribution in [0.1, 0.15) is 19.4 Å². The Kier molecular flexibility index (Phi) is 6.77. The van der Waals surface area contributed by atoms with Gasteiger partial charge in [0.25, 0.3) is 0 Å². The Bertz CT molecular complexity index is 769. The van der Waals surface area contributed by atoms with Crippen LogP contribution in [0.4, 0.5) is 13.2 Å². The summed E-state index contributed by atoms with van der Waals surface area (Å²) in [6, 6.07) is 7.49. The summed E-state index contributed by atoms with van der Waals surface area (Å²) in [4.78, 5) is 16.0. The lowest BCUT2D eigenvalue weighted by Gasteiger charge is -2.13. The second kappa shape index (κ2) is 8.64. The van der Waals surface area contributed by atoms with Crippen LogP contribution in [0.5, 0.6) is 5.75 Å². The van der Waals surface area contributed by atoms with E-state index in [9.17, 15) is 18.0 Å². The molecule has 0 bridgehead atoms. The maximum atomic E-state index is 12.6.